The second-order valence-electron chi connectivity index (χ2n) is 4.75. The monoisotopic (exact) mass is 303 g/mol. The van der Waals surface area contributed by atoms with Gasteiger partial charge in [-0.3, -0.25) is 4.79 Å². The summed E-state index contributed by atoms with van der Waals surface area (Å²) in [4.78, 5) is 12.5. The molecule has 18 heavy (non-hydrogen) atoms. The molecule has 0 aromatic heterocycles. The third kappa shape index (κ3) is 2.27. The number of nitrogens with one attached hydrogen (secondary N) is 1. The van der Waals surface area contributed by atoms with E-state index in [2.05, 4.69) is 21.2 Å². The van der Waals surface area contributed by atoms with Crippen molar-refractivity contribution in [2.75, 3.05) is 0 Å². The Morgan fingerprint density at radius 2 is 1.89 bits per heavy atom. The highest BCUT2D eigenvalue weighted by atomic mass is 79.9. The lowest BCUT2D eigenvalue weighted by Crippen LogP contribution is -2.28. The van der Waals surface area contributed by atoms with Crippen LogP contribution in [0.2, 0.25) is 0 Å². The van der Waals surface area contributed by atoms with Gasteiger partial charge in [-0.2, -0.15) is 0 Å². The summed E-state index contributed by atoms with van der Waals surface area (Å²) in [5, 5.41) is 3.32. The van der Waals surface area contributed by atoms with E-state index in [9.17, 15) is 4.79 Å². The molecule has 0 amide bonds. The second kappa shape index (κ2) is 4.73. The lowest BCUT2D eigenvalue weighted by atomic mass is 9.89. The van der Waals surface area contributed by atoms with Gasteiger partial charge in [0.25, 0.3) is 0 Å². The molecule has 1 fully saturated rings. The van der Waals surface area contributed by atoms with Crippen LogP contribution in [0.4, 0.5) is 0 Å². The van der Waals surface area contributed by atoms with Crippen molar-refractivity contribution in [3.05, 3.63) is 58.2 Å². The predicted molar refractivity (Wildman–Crippen MR) is 75.4 cm³/mol. The standard InChI is InChI=1S/C15H14BrNO/c16-13-9-8-12(10-4-2-1-3-5-10)15(18)14(13)17-11-6-7-11/h1-5,8-9,11-12,17H,6-7H2/t12-/m0/s1. The van der Waals surface area contributed by atoms with Crippen LogP contribution in [-0.2, 0) is 4.79 Å². The Labute approximate surface area is 115 Å². The Balaban J connectivity index is 1.88. The lowest BCUT2D eigenvalue weighted by molar-refractivity contribution is -0.116. The third-order valence-electron chi connectivity index (χ3n) is 3.29. The van der Waals surface area contributed by atoms with Crippen LogP contribution in [0.25, 0.3) is 0 Å². The number of benzene rings is 1. The van der Waals surface area contributed by atoms with Crippen molar-refractivity contribution in [2.45, 2.75) is 24.8 Å². The molecule has 1 aromatic carbocycles. The summed E-state index contributed by atoms with van der Waals surface area (Å²) in [7, 11) is 0. The molecule has 0 bridgehead atoms. The van der Waals surface area contributed by atoms with Crippen molar-refractivity contribution in [2.24, 2.45) is 0 Å². The number of Topliss-reactive ketones (excluding diaryl/α,β-unsaturated/α-hetero) is 1. The van der Waals surface area contributed by atoms with E-state index in [1.165, 1.54) is 0 Å². The molecule has 0 heterocycles. The SMILES string of the molecule is O=C1C(NC2CC2)=C(Br)C=C[C@H]1c1ccccc1. The van der Waals surface area contributed by atoms with Crippen LogP contribution in [0.5, 0.6) is 0 Å². The molecule has 1 atom stereocenters. The van der Waals surface area contributed by atoms with Crippen molar-refractivity contribution in [1.29, 1.82) is 0 Å². The predicted octanol–water partition coefficient (Wildman–Crippen LogP) is 3.27. The second-order valence-corrected chi connectivity index (χ2v) is 5.61. The van der Waals surface area contributed by atoms with Gasteiger partial charge in [-0.05, 0) is 40.4 Å². The summed E-state index contributed by atoms with van der Waals surface area (Å²) >= 11 is 3.46. The van der Waals surface area contributed by atoms with E-state index in [0.717, 1.165) is 28.6 Å². The average molecular weight is 304 g/mol. The molecule has 92 valence electrons. The minimum Gasteiger partial charge on any atom is -0.378 e. The van der Waals surface area contributed by atoms with Crippen molar-refractivity contribution in [3.8, 4) is 0 Å². The molecule has 0 saturated heterocycles. The topological polar surface area (TPSA) is 29.1 Å². The maximum absolute atomic E-state index is 12.5. The molecule has 0 spiro atoms. The molecule has 2 nitrogen and oxygen atoms in total. The zero-order valence-electron chi connectivity index (χ0n) is 9.90. The molecule has 3 rings (SSSR count). The van der Waals surface area contributed by atoms with Crippen LogP contribution in [0.3, 0.4) is 0 Å². The summed E-state index contributed by atoms with van der Waals surface area (Å²) in [5.74, 6) is -0.00350. The van der Waals surface area contributed by atoms with Gasteiger partial charge in [0.1, 0.15) is 0 Å². The normalized spacial score (nSPS) is 23.4. The van der Waals surface area contributed by atoms with Gasteiger partial charge in [-0.25, -0.2) is 0 Å². The summed E-state index contributed by atoms with van der Waals surface area (Å²) in [5.41, 5.74) is 1.78. The maximum atomic E-state index is 12.5. The minimum atomic E-state index is -0.159. The maximum Gasteiger partial charge on any atom is 0.191 e. The van der Waals surface area contributed by atoms with E-state index in [4.69, 9.17) is 0 Å². The molecule has 0 aliphatic heterocycles. The molecule has 1 N–H and O–H groups in total. The average Bonchev–Trinajstić information content (AvgIpc) is 3.20. The summed E-state index contributed by atoms with van der Waals surface area (Å²) < 4.78 is 0.867. The van der Waals surface area contributed by atoms with E-state index >= 15 is 0 Å². The van der Waals surface area contributed by atoms with Crippen LogP contribution in [0.1, 0.15) is 24.3 Å². The zero-order chi connectivity index (χ0) is 12.5. The number of hydrogen-bond acceptors (Lipinski definition) is 2. The summed E-state index contributed by atoms with van der Waals surface area (Å²) in [6, 6.07) is 10.4. The zero-order valence-corrected chi connectivity index (χ0v) is 11.5. The number of halogens is 1. The highest BCUT2D eigenvalue weighted by Gasteiger charge is 2.30. The highest BCUT2D eigenvalue weighted by molar-refractivity contribution is 9.12. The first-order chi connectivity index (χ1) is 8.75. The molecule has 1 aromatic rings. The van der Waals surface area contributed by atoms with Gasteiger partial charge in [-0.15, -0.1) is 0 Å². The molecular weight excluding hydrogens is 290 g/mol. The van der Waals surface area contributed by atoms with Crippen LogP contribution >= 0.6 is 15.9 Å². The Bertz CT molecular complexity index is 529. The Morgan fingerprint density at radius 3 is 2.56 bits per heavy atom. The van der Waals surface area contributed by atoms with Crippen LogP contribution in [0.15, 0.2) is 52.7 Å². The van der Waals surface area contributed by atoms with Gasteiger partial charge in [0, 0.05) is 10.5 Å². The fraction of sp³-hybridized carbons (Fsp3) is 0.267. The number of rotatable bonds is 3. The first kappa shape index (κ1) is 11.7. The van der Waals surface area contributed by atoms with Crippen molar-refractivity contribution < 1.29 is 4.79 Å². The van der Waals surface area contributed by atoms with Crippen molar-refractivity contribution >= 4 is 21.7 Å². The first-order valence-electron chi connectivity index (χ1n) is 6.19. The molecule has 3 heteroatoms. The van der Waals surface area contributed by atoms with E-state index in [-0.39, 0.29) is 11.7 Å². The third-order valence-corrected chi connectivity index (χ3v) is 3.95. The molecular formula is C15H14BrNO. The quantitative estimate of drug-likeness (QED) is 0.928. The van der Waals surface area contributed by atoms with Crippen LogP contribution in [0, 0.1) is 0 Å². The van der Waals surface area contributed by atoms with Gasteiger partial charge >= 0.3 is 0 Å². The number of carbonyl (C=O) groups excluding carboxylic acids is 1. The molecule has 0 radical (unpaired) electrons. The van der Waals surface area contributed by atoms with Gasteiger partial charge in [0.15, 0.2) is 5.78 Å². The van der Waals surface area contributed by atoms with Gasteiger partial charge < -0.3 is 5.32 Å². The van der Waals surface area contributed by atoms with E-state index in [1.54, 1.807) is 0 Å². The first-order valence-corrected chi connectivity index (χ1v) is 6.98. The Kier molecular flexibility index (Phi) is 3.08. The smallest absolute Gasteiger partial charge is 0.191 e. The van der Waals surface area contributed by atoms with Crippen LogP contribution in [-0.4, -0.2) is 11.8 Å². The molecule has 2 aliphatic carbocycles. The van der Waals surface area contributed by atoms with E-state index in [0.29, 0.717) is 6.04 Å². The Hall–Kier alpha value is -1.35. The number of hydrogen-bond donors (Lipinski definition) is 1. The highest BCUT2D eigenvalue weighted by Crippen LogP contribution is 2.31. The van der Waals surface area contributed by atoms with E-state index in [1.807, 2.05) is 42.5 Å². The summed E-state index contributed by atoms with van der Waals surface area (Å²) in [6.07, 6.45) is 6.26. The number of ketones is 1. The number of allylic oxidation sites excluding steroid dienone is 4. The lowest BCUT2D eigenvalue weighted by Gasteiger charge is -2.20. The number of carbonyl (C=O) groups is 1. The molecule has 0 unspecified atom stereocenters. The Morgan fingerprint density at radius 1 is 1.17 bits per heavy atom. The largest absolute Gasteiger partial charge is 0.378 e. The fourth-order valence-electron chi connectivity index (χ4n) is 2.12. The van der Waals surface area contributed by atoms with Gasteiger partial charge in [0.05, 0.1) is 11.6 Å². The minimum absolute atomic E-state index is 0.155. The van der Waals surface area contributed by atoms with Gasteiger partial charge in [-0.1, -0.05) is 36.4 Å². The van der Waals surface area contributed by atoms with Crippen molar-refractivity contribution in [1.82, 2.24) is 5.32 Å². The van der Waals surface area contributed by atoms with Crippen LogP contribution < -0.4 is 5.32 Å². The molecule has 1 saturated carbocycles. The van der Waals surface area contributed by atoms with E-state index < -0.39 is 0 Å². The van der Waals surface area contributed by atoms with Gasteiger partial charge in [0.2, 0.25) is 0 Å². The van der Waals surface area contributed by atoms with Crippen molar-refractivity contribution in [3.63, 3.8) is 0 Å². The molecule has 2 aliphatic rings. The summed E-state index contributed by atoms with van der Waals surface area (Å²) in [6.45, 7) is 0. The fourth-order valence-corrected chi connectivity index (χ4v) is 2.58.